The molecule has 0 spiro atoms. The molecule has 2 aromatic carbocycles. The summed E-state index contributed by atoms with van der Waals surface area (Å²) in [4.78, 5) is 13.2. The van der Waals surface area contributed by atoms with Crippen molar-refractivity contribution in [2.45, 2.75) is 11.8 Å². The van der Waals surface area contributed by atoms with Gasteiger partial charge in [0.05, 0.1) is 19.3 Å². The fourth-order valence-electron chi connectivity index (χ4n) is 1.95. The van der Waals surface area contributed by atoms with Crippen LogP contribution in [0.3, 0.4) is 0 Å². The number of ketones is 1. The van der Waals surface area contributed by atoms with E-state index >= 15 is 0 Å². The number of methoxy groups -OCH3 is 1. The Morgan fingerprint density at radius 2 is 1.95 bits per heavy atom. The zero-order valence-electron chi connectivity index (χ0n) is 11.7. The number of benzene rings is 2. The van der Waals surface area contributed by atoms with Gasteiger partial charge in [0, 0.05) is 21.5 Å². The number of carbonyl (C=O) groups excluding carboxylic acids is 1. The van der Waals surface area contributed by atoms with Crippen LogP contribution in [0.5, 0.6) is 11.5 Å². The van der Waals surface area contributed by atoms with Crippen LogP contribution in [-0.4, -0.2) is 19.5 Å². The topological polar surface area (TPSA) is 35.5 Å². The van der Waals surface area contributed by atoms with Gasteiger partial charge in [0.15, 0.2) is 5.78 Å². The van der Waals surface area contributed by atoms with Crippen LogP contribution in [0.2, 0.25) is 5.02 Å². The van der Waals surface area contributed by atoms with Crippen LogP contribution in [0.15, 0.2) is 41.3 Å². The van der Waals surface area contributed by atoms with Crippen molar-refractivity contribution in [1.82, 2.24) is 0 Å². The molecule has 0 unspecified atom stereocenters. The van der Waals surface area contributed by atoms with Crippen molar-refractivity contribution in [2.24, 2.45) is 0 Å². The number of hydrogen-bond acceptors (Lipinski definition) is 4. The molecular formula is C16H15ClO3S. The minimum absolute atomic E-state index is 0.192. The van der Waals surface area contributed by atoms with E-state index in [1.54, 1.807) is 36.4 Å². The second kappa shape index (κ2) is 6.87. The summed E-state index contributed by atoms with van der Waals surface area (Å²) in [5, 5.41) is 0.487. The second-order valence-electron chi connectivity index (χ2n) is 4.29. The zero-order valence-corrected chi connectivity index (χ0v) is 13.4. The highest BCUT2D eigenvalue weighted by Crippen LogP contribution is 2.29. The minimum Gasteiger partial charge on any atom is -0.496 e. The van der Waals surface area contributed by atoms with Crippen LogP contribution >= 0.6 is 24.2 Å². The maximum Gasteiger partial charge on any atom is 0.197 e. The highest BCUT2D eigenvalue weighted by atomic mass is 35.5. The summed E-state index contributed by atoms with van der Waals surface area (Å²) < 4.78 is 10.7. The number of halogens is 1. The van der Waals surface area contributed by atoms with Gasteiger partial charge in [-0.25, -0.2) is 0 Å². The SMILES string of the molecule is CCOc1ccc(C(=O)c2cc(Cl)ccc2S)c(OC)c1. The first kappa shape index (κ1) is 15.7. The predicted molar refractivity (Wildman–Crippen MR) is 86.3 cm³/mol. The zero-order chi connectivity index (χ0) is 15.4. The highest BCUT2D eigenvalue weighted by Gasteiger charge is 2.18. The Morgan fingerprint density at radius 1 is 1.19 bits per heavy atom. The predicted octanol–water partition coefficient (Wildman–Crippen LogP) is 4.27. The van der Waals surface area contributed by atoms with Crippen molar-refractivity contribution in [3.63, 3.8) is 0 Å². The van der Waals surface area contributed by atoms with Crippen molar-refractivity contribution >= 4 is 30.0 Å². The third-order valence-electron chi connectivity index (χ3n) is 2.93. The van der Waals surface area contributed by atoms with E-state index < -0.39 is 0 Å². The van der Waals surface area contributed by atoms with E-state index in [1.165, 1.54) is 7.11 Å². The average Bonchev–Trinajstić information content (AvgIpc) is 2.49. The van der Waals surface area contributed by atoms with Crippen molar-refractivity contribution < 1.29 is 14.3 Å². The molecule has 0 aliphatic rings. The van der Waals surface area contributed by atoms with Gasteiger partial charge in [-0.1, -0.05) is 11.6 Å². The molecule has 0 fully saturated rings. The number of thiol groups is 1. The molecule has 0 N–H and O–H groups in total. The third-order valence-corrected chi connectivity index (χ3v) is 3.56. The molecule has 0 aliphatic carbocycles. The molecule has 0 saturated heterocycles. The van der Waals surface area contributed by atoms with Gasteiger partial charge in [-0.15, -0.1) is 12.6 Å². The molecule has 0 radical (unpaired) electrons. The Bertz CT molecular complexity index is 671. The Labute approximate surface area is 134 Å². The minimum atomic E-state index is -0.192. The Balaban J connectivity index is 2.45. The van der Waals surface area contributed by atoms with Crippen LogP contribution in [0.25, 0.3) is 0 Å². The summed E-state index contributed by atoms with van der Waals surface area (Å²) in [5.74, 6) is 0.921. The standard InChI is InChI=1S/C16H15ClO3S/c1-3-20-11-5-6-12(14(9-11)19-2)16(18)13-8-10(17)4-7-15(13)21/h4-9,21H,3H2,1-2H3. The van der Waals surface area contributed by atoms with Gasteiger partial charge in [0.25, 0.3) is 0 Å². The quantitative estimate of drug-likeness (QED) is 0.659. The molecule has 0 saturated carbocycles. The van der Waals surface area contributed by atoms with E-state index in [0.29, 0.717) is 39.2 Å². The lowest BCUT2D eigenvalue weighted by molar-refractivity contribution is 0.103. The molecule has 5 heteroatoms. The van der Waals surface area contributed by atoms with Crippen LogP contribution in [0, 0.1) is 0 Å². The summed E-state index contributed by atoms with van der Waals surface area (Å²) in [6, 6.07) is 10.1. The number of rotatable bonds is 5. The number of ether oxygens (including phenoxy) is 2. The third kappa shape index (κ3) is 3.52. The van der Waals surface area contributed by atoms with E-state index in [1.807, 2.05) is 6.92 Å². The Morgan fingerprint density at radius 3 is 2.62 bits per heavy atom. The average molecular weight is 323 g/mol. The van der Waals surface area contributed by atoms with E-state index in [-0.39, 0.29) is 5.78 Å². The van der Waals surface area contributed by atoms with Crippen molar-refractivity contribution in [3.05, 3.63) is 52.5 Å². The summed E-state index contributed by atoms with van der Waals surface area (Å²) >= 11 is 10.3. The van der Waals surface area contributed by atoms with E-state index in [0.717, 1.165) is 0 Å². The van der Waals surface area contributed by atoms with Gasteiger partial charge < -0.3 is 9.47 Å². The van der Waals surface area contributed by atoms with Crippen LogP contribution in [-0.2, 0) is 0 Å². The maximum atomic E-state index is 12.6. The lowest BCUT2D eigenvalue weighted by atomic mass is 10.0. The second-order valence-corrected chi connectivity index (χ2v) is 5.20. The van der Waals surface area contributed by atoms with Crippen LogP contribution in [0.1, 0.15) is 22.8 Å². The highest BCUT2D eigenvalue weighted by molar-refractivity contribution is 7.80. The fourth-order valence-corrected chi connectivity index (χ4v) is 2.36. The molecule has 0 atom stereocenters. The fraction of sp³-hybridized carbons (Fsp3) is 0.188. The van der Waals surface area contributed by atoms with Gasteiger partial charge in [0.2, 0.25) is 0 Å². The van der Waals surface area contributed by atoms with Gasteiger partial charge in [0.1, 0.15) is 11.5 Å². The normalized spacial score (nSPS) is 10.3. The number of hydrogen-bond donors (Lipinski definition) is 1. The summed E-state index contributed by atoms with van der Waals surface area (Å²) in [7, 11) is 1.52. The lowest BCUT2D eigenvalue weighted by Crippen LogP contribution is -2.05. The van der Waals surface area contributed by atoms with Gasteiger partial charge in [-0.3, -0.25) is 4.79 Å². The van der Waals surface area contributed by atoms with Crippen molar-refractivity contribution in [2.75, 3.05) is 13.7 Å². The van der Waals surface area contributed by atoms with E-state index in [2.05, 4.69) is 12.6 Å². The van der Waals surface area contributed by atoms with Crippen molar-refractivity contribution in [3.8, 4) is 11.5 Å². The summed E-state index contributed by atoms with van der Waals surface area (Å²) in [6.45, 7) is 2.44. The molecule has 0 aliphatic heterocycles. The molecule has 2 aromatic rings. The van der Waals surface area contributed by atoms with Gasteiger partial charge in [-0.2, -0.15) is 0 Å². The molecular weight excluding hydrogens is 308 g/mol. The first-order chi connectivity index (χ1) is 10.1. The first-order valence-corrected chi connectivity index (χ1v) is 7.23. The smallest absolute Gasteiger partial charge is 0.197 e. The molecule has 0 aromatic heterocycles. The number of carbonyl (C=O) groups is 1. The molecule has 0 heterocycles. The molecule has 2 rings (SSSR count). The maximum absolute atomic E-state index is 12.6. The molecule has 21 heavy (non-hydrogen) atoms. The summed E-state index contributed by atoms with van der Waals surface area (Å²) in [5.41, 5.74) is 0.881. The van der Waals surface area contributed by atoms with Crippen LogP contribution < -0.4 is 9.47 Å². The van der Waals surface area contributed by atoms with E-state index in [4.69, 9.17) is 21.1 Å². The summed E-state index contributed by atoms with van der Waals surface area (Å²) in [6.07, 6.45) is 0. The van der Waals surface area contributed by atoms with Crippen molar-refractivity contribution in [1.29, 1.82) is 0 Å². The largest absolute Gasteiger partial charge is 0.496 e. The monoisotopic (exact) mass is 322 g/mol. The molecule has 0 bridgehead atoms. The van der Waals surface area contributed by atoms with Crippen LogP contribution in [0.4, 0.5) is 0 Å². The van der Waals surface area contributed by atoms with Gasteiger partial charge >= 0.3 is 0 Å². The lowest BCUT2D eigenvalue weighted by Gasteiger charge is -2.11. The van der Waals surface area contributed by atoms with E-state index in [9.17, 15) is 4.79 Å². The Hall–Kier alpha value is -1.65. The first-order valence-electron chi connectivity index (χ1n) is 6.41. The molecule has 0 amide bonds. The molecule has 110 valence electrons. The van der Waals surface area contributed by atoms with Gasteiger partial charge in [-0.05, 0) is 37.3 Å². The molecule has 3 nitrogen and oxygen atoms in total. The Kier molecular flexibility index (Phi) is 5.15.